The normalized spacial score (nSPS) is 14.6. The standard InChI is InChI=1S/C22H24N2O7S/c1-16(25)17-6-8-20(9-7-17)32(28,29)24-12-10-23(11-13-24)21(26)15-31-19-5-3-4-18(14-19)22(27)30-2/h3-9,14H,10-13,15H2,1-2H3. The maximum Gasteiger partial charge on any atom is 0.337 e. The number of esters is 1. The number of benzene rings is 2. The molecule has 0 N–H and O–H groups in total. The molecule has 0 radical (unpaired) electrons. The van der Waals surface area contributed by atoms with Gasteiger partial charge in [-0.1, -0.05) is 18.2 Å². The van der Waals surface area contributed by atoms with Crippen LogP contribution in [0.15, 0.2) is 53.4 Å². The van der Waals surface area contributed by atoms with Crippen LogP contribution in [-0.2, 0) is 19.6 Å². The van der Waals surface area contributed by atoms with Crippen molar-refractivity contribution in [3.63, 3.8) is 0 Å². The summed E-state index contributed by atoms with van der Waals surface area (Å²) in [5.41, 5.74) is 0.754. The molecule has 2 aromatic rings. The van der Waals surface area contributed by atoms with Gasteiger partial charge in [0.15, 0.2) is 12.4 Å². The van der Waals surface area contributed by atoms with E-state index in [0.717, 1.165) is 0 Å². The first-order chi connectivity index (χ1) is 15.2. The Morgan fingerprint density at radius 1 is 0.938 bits per heavy atom. The van der Waals surface area contributed by atoms with Gasteiger partial charge in [0, 0.05) is 31.7 Å². The smallest absolute Gasteiger partial charge is 0.337 e. The van der Waals surface area contributed by atoms with Gasteiger partial charge in [-0.2, -0.15) is 4.31 Å². The fourth-order valence-electron chi connectivity index (χ4n) is 3.26. The van der Waals surface area contributed by atoms with Gasteiger partial charge in [0.2, 0.25) is 10.0 Å². The van der Waals surface area contributed by atoms with E-state index in [0.29, 0.717) is 16.9 Å². The maximum atomic E-state index is 12.8. The van der Waals surface area contributed by atoms with E-state index >= 15 is 0 Å². The average molecular weight is 461 g/mol. The third-order valence-electron chi connectivity index (χ3n) is 5.11. The monoisotopic (exact) mass is 460 g/mol. The van der Waals surface area contributed by atoms with E-state index in [1.165, 1.54) is 53.6 Å². The molecule has 0 saturated carbocycles. The van der Waals surface area contributed by atoms with Crippen LogP contribution in [0.2, 0.25) is 0 Å². The highest BCUT2D eigenvalue weighted by atomic mass is 32.2. The van der Waals surface area contributed by atoms with Gasteiger partial charge < -0.3 is 14.4 Å². The Bertz CT molecular complexity index is 1110. The van der Waals surface area contributed by atoms with Gasteiger partial charge >= 0.3 is 5.97 Å². The van der Waals surface area contributed by atoms with Crippen LogP contribution in [0.1, 0.15) is 27.6 Å². The first-order valence-electron chi connectivity index (χ1n) is 9.92. The number of ketones is 1. The Kier molecular flexibility index (Phi) is 7.26. The molecular weight excluding hydrogens is 436 g/mol. The number of hydrogen-bond donors (Lipinski definition) is 0. The van der Waals surface area contributed by atoms with Crippen molar-refractivity contribution < 1.29 is 32.3 Å². The SMILES string of the molecule is COC(=O)c1cccc(OCC(=O)N2CCN(S(=O)(=O)c3ccc(C(C)=O)cc3)CC2)c1. The minimum absolute atomic E-state index is 0.107. The number of Topliss-reactive ketones (excluding diaryl/α,β-unsaturated/α-hetero) is 1. The van der Waals surface area contributed by atoms with Crippen molar-refractivity contribution in [1.29, 1.82) is 0 Å². The number of sulfonamides is 1. The Balaban J connectivity index is 1.55. The zero-order valence-corrected chi connectivity index (χ0v) is 18.6. The molecule has 0 unspecified atom stereocenters. The van der Waals surface area contributed by atoms with E-state index in [2.05, 4.69) is 4.74 Å². The fraction of sp³-hybridized carbons (Fsp3) is 0.318. The number of nitrogens with zero attached hydrogens (tertiary/aromatic N) is 2. The second-order valence-electron chi connectivity index (χ2n) is 7.17. The topological polar surface area (TPSA) is 110 Å². The van der Waals surface area contributed by atoms with E-state index in [4.69, 9.17) is 4.74 Å². The molecule has 0 aliphatic carbocycles. The molecule has 1 aliphatic heterocycles. The number of carbonyl (C=O) groups excluding carboxylic acids is 3. The minimum atomic E-state index is -3.72. The van der Waals surface area contributed by atoms with Crippen molar-refractivity contribution in [1.82, 2.24) is 9.21 Å². The summed E-state index contributed by atoms with van der Waals surface area (Å²) >= 11 is 0. The number of ether oxygens (including phenoxy) is 2. The van der Waals surface area contributed by atoms with Gasteiger partial charge in [-0.3, -0.25) is 9.59 Å². The minimum Gasteiger partial charge on any atom is -0.484 e. The van der Waals surface area contributed by atoms with E-state index in [1.807, 2.05) is 0 Å². The molecule has 0 spiro atoms. The number of amides is 1. The highest BCUT2D eigenvalue weighted by Gasteiger charge is 2.30. The second-order valence-corrected chi connectivity index (χ2v) is 9.11. The van der Waals surface area contributed by atoms with Crippen LogP contribution in [0.4, 0.5) is 0 Å². The van der Waals surface area contributed by atoms with Gasteiger partial charge in [-0.05, 0) is 37.3 Å². The highest BCUT2D eigenvalue weighted by molar-refractivity contribution is 7.89. The number of rotatable bonds is 7. The van der Waals surface area contributed by atoms with Crippen molar-refractivity contribution in [2.24, 2.45) is 0 Å². The third-order valence-corrected chi connectivity index (χ3v) is 7.02. The molecule has 1 saturated heterocycles. The summed E-state index contributed by atoms with van der Waals surface area (Å²) in [7, 11) is -2.44. The van der Waals surface area contributed by atoms with Crippen molar-refractivity contribution in [2.75, 3.05) is 39.9 Å². The molecule has 0 aromatic heterocycles. The lowest BCUT2D eigenvalue weighted by molar-refractivity contribution is -0.134. The van der Waals surface area contributed by atoms with Crippen LogP contribution in [0.25, 0.3) is 0 Å². The molecule has 1 fully saturated rings. The van der Waals surface area contributed by atoms with Crippen LogP contribution in [0, 0.1) is 0 Å². The summed E-state index contributed by atoms with van der Waals surface area (Å²) in [6, 6.07) is 12.1. The van der Waals surface area contributed by atoms with Crippen molar-refractivity contribution in [3.8, 4) is 5.75 Å². The van der Waals surface area contributed by atoms with E-state index < -0.39 is 16.0 Å². The predicted octanol–water partition coefficient (Wildman–Crippen LogP) is 1.59. The molecule has 32 heavy (non-hydrogen) atoms. The van der Waals surface area contributed by atoms with Gasteiger partial charge in [-0.25, -0.2) is 13.2 Å². The molecule has 1 heterocycles. The van der Waals surface area contributed by atoms with Gasteiger partial charge in [0.25, 0.3) is 5.91 Å². The van der Waals surface area contributed by atoms with Crippen LogP contribution in [0.5, 0.6) is 5.75 Å². The molecule has 170 valence electrons. The van der Waals surface area contributed by atoms with Crippen LogP contribution in [0.3, 0.4) is 0 Å². The number of hydrogen-bond acceptors (Lipinski definition) is 7. The highest BCUT2D eigenvalue weighted by Crippen LogP contribution is 2.19. The fourth-order valence-corrected chi connectivity index (χ4v) is 4.68. The molecule has 10 heteroatoms. The summed E-state index contributed by atoms with van der Waals surface area (Å²) in [4.78, 5) is 37.1. The number of methoxy groups -OCH3 is 1. The lowest BCUT2D eigenvalue weighted by Gasteiger charge is -2.34. The first kappa shape index (κ1) is 23.4. The Labute approximate surface area is 186 Å². The second kappa shape index (κ2) is 9.92. The molecule has 0 bridgehead atoms. The van der Waals surface area contributed by atoms with Gasteiger partial charge in [0.05, 0.1) is 17.6 Å². The molecule has 3 rings (SSSR count). The average Bonchev–Trinajstić information content (AvgIpc) is 2.82. The van der Waals surface area contributed by atoms with Crippen molar-refractivity contribution in [3.05, 3.63) is 59.7 Å². The summed E-state index contributed by atoms with van der Waals surface area (Å²) in [6.45, 7) is 1.95. The molecule has 2 aromatic carbocycles. The van der Waals surface area contributed by atoms with Gasteiger partial charge in [-0.15, -0.1) is 0 Å². The van der Waals surface area contributed by atoms with Crippen LogP contribution < -0.4 is 4.74 Å². The first-order valence-corrected chi connectivity index (χ1v) is 11.4. The van der Waals surface area contributed by atoms with E-state index in [1.54, 1.807) is 18.2 Å². The lowest BCUT2D eigenvalue weighted by atomic mass is 10.2. The summed E-state index contributed by atoms with van der Waals surface area (Å²) in [6.07, 6.45) is 0. The number of carbonyl (C=O) groups is 3. The van der Waals surface area contributed by atoms with Gasteiger partial charge in [0.1, 0.15) is 5.75 Å². The Hall–Kier alpha value is -3.24. The predicted molar refractivity (Wildman–Crippen MR) is 115 cm³/mol. The zero-order valence-electron chi connectivity index (χ0n) is 17.8. The van der Waals surface area contributed by atoms with E-state index in [-0.39, 0.29) is 49.4 Å². The maximum absolute atomic E-state index is 12.8. The third kappa shape index (κ3) is 5.32. The zero-order chi connectivity index (χ0) is 23.3. The largest absolute Gasteiger partial charge is 0.484 e. The number of piperazine rings is 1. The molecular formula is C22H24N2O7S. The molecule has 0 atom stereocenters. The van der Waals surface area contributed by atoms with Crippen LogP contribution in [-0.4, -0.2) is 75.2 Å². The molecule has 1 aliphatic rings. The summed E-state index contributed by atoms with van der Waals surface area (Å²) in [5, 5.41) is 0. The summed E-state index contributed by atoms with van der Waals surface area (Å²) < 4.78 is 37.2. The van der Waals surface area contributed by atoms with Crippen molar-refractivity contribution in [2.45, 2.75) is 11.8 Å². The van der Waals surface area contributed by atoms with Crippen molar-refractivity contribution >= 4 is 27.7 Å². The van der Waals surface area contributed by atoms with E-state index in [9.17, 15) is 22.8 Å². The molecule has 1 amide bonds. The quantitative estimate of drug-likeness (QED) is 0.456. The Morgan fingerprint density at radius 3 is 2.19 bits per heavy atom. The molecule has 9 nitrogen and oxygen atoms in total. The summed E-state index contributed by atoms with van der Waals surface area (Å²) in [5.74, 6) is -0.567. The lowest BCUT2D eigenvalue weighted by Crippen LogP contribution is -2.51. The Morgan fingerprint density at radius 2 is 1.59 bits per heavy atom. The van der Waals surface area contributed by atoms with Crippen LogP contribution >= 0.6 is 0 Å².